The van der Waals surface area contributed by atoms with Crippen molar-refractivity contribution in [3.63, 3.8) is 0 Å². The van der Waals surface area contributed by atoms with Gasteiger partial charge in [0.2, 0.25) is 0 Å². The molecule has 0 radical (unpaired) electrons. The fraction of sp³-hybridized carbons (Fsp3) is 0.286. The van der Waals surface area contributed by atoms with Gasteiger partial charge in [-0.15, -0.1) is 0 Å². The molecule has 0 atom stereocenters. The third-order valence-corrected chi connectivity index (χ3v) is 10.1. The molecule has 0 aliphatic heterocycles. The first-order valence-electron chi connectivity index (χ1n) is 5.64. The Kier molecular flexibility index (Phi) is 4.45. The first kappa shape index (κ1) is 15.2. The van der Waals surface area contributed by atoms with Crippen molar-refractivity contribution in [1.82, 2.24) is 0 Å². The predicted octanol–water partition coefficient (Wildman–Crippen LogP) is 1.01. The summed E-state index contributed by atoms with van der Waals surface area (Å²) >= 11 is 10.9. The minimum atomic E-state index is 1.32. The van der Waals surface area contributed by atoms with E-state index in [-0.39, 0.29) is 0 Å². The van der Waals surface area contributed by atoms with E-state index in [1.807, 2.05) is 0 Å². The van der Waals surface area contributed by atoms with Crippen LogP contribution in [0.15, 0.2) is 51.3 Å². The van der Waals surface area contributed by atoms with Crippen LogP contribution in [0.3, 0.4) is 0 Å². The molecule has 96 valence electrons. The topological polar surface area (TPSA) is 0 Å². The van der Waals surface area contributed by atoms with Crippen LogP contribution in [0.5, 0.6) is 0 Å². The molecule has 0 spiro atoms. The van der Waals surface area contributed by atoms with Crippen LogP contribution < -0.4 is 0 Å². The monoisotopic (exact) mass is 504 g/mol. The summed E-state index contributed by atoms with van der Waals surface area (Å²) in [6.45, 7) is 8.94. The molecule has 0 heterocycles. The third kappa shape index (κ3) is 2.08. The summed E-state index contributed by atoms with van der Waals surface area (Å²) in [7, 11) is 0. The Bertz CT molecular complexity index is 504. The van der Waals surface area contributed by atoms with E-state index >= 15 is 0 Å². The summed E-state index contributed by atoms with van der Waals surface area (Å²) in [6.07, 6.45) is 0. The number of hydrogen-bond donors (Lipinski definition) is 0. The van der Waals surface area contributed by atoms with Crippen LogP contribution in [0.1, 0.15) is 27.7 Å². The van der Waals surface area contributed by atoms with E-state index in [1.165, 1.54) is 51.3 Å². The van der Waals surface area contributed by atoms with Crippen molar-refractivity contribution in [2.75, 3.05) is 0 Å². The van der Waals surface area contributed by atoms with Crippen LogP contribution >= 0.6 is 0 Å². The van der Waals surface area contributed by atoms with Gasteiger partial charge < -0.3 is 0 Å². The Balaban J connectivity index is 2.82. The second-order valence-corrected chi connectivity index (χ2v) is 8.40. The molecule has 0 bridgehead atoms. The molecule has 2 aliphatic carbocycles. The Morgan fingerprint density at radius 1 is 0.444 bits per heavy atom. The number of hydrogen-bond acceptors (Lipinski definition) is 0. The summed E-state index contributed by atoms with van der Waals surface area (Å²) in [5, 5.41) is 0. The molecule has 2 aliphatic rings. The molecule has 18 heavy (non-hydrogen) atoms. The molecule has 0 unspecified atom stereocenters. The minimum absolute atomic E-state index is 1.32. The van der Waals surface area contributed by atoms with Gasteiger partial charge in [0.15, 0.2) is 0 Å². The van der Waals surface area contributed by atoms with Crippen molar-refractivity contribution in [3.05, 3.63) is 51.3 Å². The average Bonchev–Trinajstić information content (AvgIpc) is 2.64. The van der Waals surface area contributed by atoms with E-state index in [2.05, 4.69) is 91.7 Å². The molecule has 0 fully saturated rings. The summed E-state index contributed by atoms with van der Waals surface area (Å²) in [6, 6.07) is 0. The molecule has 0 aromatic heterocycles. The Hall–Kier alpha value is 0.778. The molecule has 0 nitrogen and oxygen atoms in total. The molecule has 0 saturated carbocycles. The fourth-order valence-electron chi connectivity index (χ4n) is 2.40. The molecule has 0 aromatic rings. The van der Waals surface area contributed by atoms with E-state index in [0.29, 0.717) is 0 Å². The Morgan fingerprint density at radius 3 is 1.11 bits per heavy atom. The van der Waals surface area contributed by atoms with Gasteiger partial charge in [-0.2, -0.15) is 0 Å². The molecular weight excluding hydrogens is 484 g/mol. The van der Waals surface area contributed by atoms with Gasteiger partial charge in [-0.05, 0) is 0 Å². The fourth-order valence-corrected chi connectivity index (χ4v) is 6.00. The van der Waals surface area contributed by atoms with Crippen molar-refractivity contribution < 1.29 is 0 Å². The quantitative estimate of drug-likeness (QED) is 0.436. The van der Waals surface area contributed by atoms with Crippen LogP contribution in [-0.4, -0.2) is 64.1 Å². The van der Waals surface area contributed by atoms with E-state index in [4.69, 9.17) is 0 Å². The van der Waals surface area contributed by atoms with Crippen molar-refractivity contribution in [2.45, 2.75) is 27.7 Å². The van der Waals surface area contributed by atoms with Gasteiger partial charge in [0, 0.05) is 0 Å². The summed E-state index contributed by atoms with van der Waals surface area (Å²) < 4.78 is 5.32. The maximum absolute atomic E-state index is 2.74. The average molecular weight is 500 g/mol. The van der Waals surface area contributed by atoms with Crippen LogP contribution in [0.2, 0.25) is 0 Å². The van der Waals surface area contributed by atoms with Crippen molar-refractivity contribution >= 4 is 64.1 Å². The molecule has 2 rings (SSSR count). The van der Waals surface area contributed by atoms with E-state index in [9.17, 15) is 0 Å². The zero-order chi connectivity index (χ0) is 13.8. The zero-order valence-electron chi connectivity index (χ0n) is 10.8. The van der Waals surface area contributed by atoms with Gasteiger partial charge >= 0.3 is 143 Å². The predicted molar refractivity (Wildman–Crippen MR) is 86.4 cm³/mol. The first-order valence-corrected chi connectivity index (χ1v) is 9.40. The molecule has 0 saturated heterocycles. The van der Waals surface area contributed by atoms with Gasteiger partial charge in [0.1, 0.15) is 0 Å². The third-order valence-electron chi connectivity index (χ3n) is 3.83. The Labute approximate surface area is 142 Å². The zero-order valence-corrected chi connectivity index (χ0v) is 18.3. The second kappa shape index (κ2) is 5.28. The maximum atomic E-state index is 2.74. The molecule has 0 amide bonds. The van der Waals surface area contributed by atoms with Crippen LogP contribution in [0.4, 0.5) is 0 Å². The summed E-state index contributed by atoms with van der Waals surface area (Å²) in [5.74, 6) is 0. The standard InChI is InChI=1S/C14H16Se4/c1-5-6(2)8(4)9(7(5)3)10-11(15)13(17)14(18)12(10)16/h15-18H,1-4H3. The summed E-state index contributed by atoms with van der Waals surface area (Å²) in [4.78, 5) is 0. The van der Waals surface area contributed by atoms with Gasteiger partial charge in [-0.1, -0.05) is 0 Å². The number of rotatable bonds is 0. The van der Waals surface area contributed by atoms with Crippen LogP contribution in [0, 0.1) is 0 Å². The Morgan fingerprint density at radius 2 is 0.778 bits per heavy atom. The van der Waals surface area contributed by atoms with E-state index in [1.54, 1.807) is 0 Å². The molecule has 4 heteroatoms. The number of allylic oxidation sites excluding steroid dienone is 10. The van der Waals surface area contributed by atoms with Crippen molar-refractivity contribution in [3.8, 4) is 0 Å². The van der Waals surface area contributed by atoms with Crippen LogP contribution in [0.25, 0.3) is 0 Å². The second-order valence-electron chi connectivity index (χ2n) is 4.64. The van der Waals surface area contributed by atoms with Gasteiger partial charge in [-0.3, -0.25) is 0 Å². The summed E-state index contributed by atoms with van der Waals surface area (Å²) in [5.41, 5.74) is 8.54. The van der Waals surface area contributed by atoms with Crippen molar-refractivity contribution in [2.24, 2.45) is 0 Å². The van der Waals surface area contributed by atoms with Gasteiger partial charge in [0.05, 0.1) is 0 Å². The SMILES string of the molecule is CC1=C(C)C(=C2C([SeH])=C([SeH])C([SeH])=C2[SeH])C(C)=C1C. The van der Waals surface area contributed by atoms with Crippen molar-refractivity contribution in [1.29, 1.82) is 0 Å². The van der Waals surface area contributed by atoms with Gasteiger partial charge in [-0.25, -0.2) is 0 Å². The normalized spacial score (nSPS) is 21.3. The van der Waals surface area contributed by atoms with E-state index in [0.717, 1.165) is 0 Å². The molecule has 0 N–H and O–H groups in total. The molecule has 0 aromatic carbocycles. The first-order chi connectivity index (χ1) is 8.29. The van der Waals surface area contributed by atoms with Gasteiger partial charge in [0.25, 0.3) is 0 Å². The molecular formula is C14H16Se4. The van der Waals surface area contributed by atoms with E-state index < -0.39 is 0 Å². The van der Waals surface area contributed by atoms with Crippen LogP contribution in [-0.2, 0) is 0 Å².